The van der Waals surface area contributed by atoms with Gasteiger partial charge in [-0.1, -0.05) is 25.7 Å². The standard InChI is InChI=1S/C20H26N2O5/c1-22-16-13(7-8-15(27-2)17(16)24)11-14(19(22)26)18(25)21-20(12-23)9-5-3-4-6-10-20/h7-8,11,23-24H,3-6,9-10,12H2,1-2H3,(H,21,25). The number of rotatable bonds is 4. The second-order valence-corrected chi connectivity index (χ2v) is 7.28. The van der Waals surface area contributed by atoms with Crippen LogP contribution in [-0.4, -0.2) is 39.9 Å². The first kappa shape index (κ1) is 19.2. The number of ether oxygens (including phenoxy) is 1. The van der Waals surface area contributed by atoms with Crippen molar-refractivity contribution in [2.45, 2.75) is 44.1 Å². The SMILES string of the molecule is COc1ccc2cc(C(=O)NC3(CO)CCCCCC3)c(=O)n(C)c2c1O. The smallest absolute Gasteiger partial charge is 0.263 e. The quantitative estimate of drug-likeness (QED) is 0.711. The third-order valence-electron chi connectivity index (χ3n) is 5.52. The number of aliphatic hydroxyl groups is 1. The molecule has 7 heteroatoms. The van der Waals surface area contributed by atoms with E-state index in [1.165, 1.54) is 24.8 Å². The fraction of sp³-hybridized carbons (Fsp3) is 0.500. The van der Waals surface area contributed by atoms with E-state index in [4.69, 9.17) is 4.74 Å². The average molecular weight is 374 g/mol. The largest absolute Gasteiger partial charge is 0.503 e. The Hall–Kier alpha value is -2.54. The second kappa shape index (κ2) is 7.60. The fourth-order valence-electron chi connectivity index (χ4n) is 3.91. The average Bonchev–Trinajstić information content (AvgIpc) is 2.90. The van der Waals surface area contributed by atoms with Crippen LogP contribution >= 0.6 is 0 Å². The van der Waals surface area contributed by atoms with E-state index in [9.17, 15) is 19.8 Å². The molecule has 1 aromatic carbocycles. The molecule has 0 saturated heterocycles. The van der Waals surface area contributed by atoms with Crippen molar-refractivity contribution in [1.82, 2.24) is 9.88 Å². The Labute approximate surface area is 157 Å². The van der Waals surface area contributed by atoms with Gasteiger partial charge in [-0.05, 0) is 31.0 Å². The molecule has 0 radical (unpaired) electrons. The minimum absolute atomic E-state index is 0.00774. The molecular formula is C20H26N2O5. The normalized spacial score (nSPS) is 16.7. The number of phenols is 1. The first-order valence-corrected chi connectivity index (χ1v) is 9.25. The van der Waals surface area contributed by atoms with Crippen molar-refractivity contribution in [2.24, 2.45) is 7.05 Å². The highest BCUT2D eigenvalue weighted by Crippen LogP contribution is 2.33. The van der Waals surface area contributed by atoms with Gasteiger partial charge in [0.2, 0.25) is 0 Å². The summed E-state index contributed by atoms with van der Waals surface area (Å²) < 4.78 is 6.34. The molecule has 1 aromatic heterocycles. The summed E-state index contributed by atoms with van der Waals surface area (Å²) in [5.74, 6) is -0.381. The minimum atomic E-state index is -0.685. The van der Waals surface area contributed by atoms with E-state index in [0.717, 1.165) is 25.7 Å². The number of aromatic nitrogens is 1. The zero-order valence-corrected chi connectivity index (χ0v) is 15.7. The number of carbonyl (C=O) groups is 1. The number of aryl methyl sites for hydroxylation is 1. The van der Waals surface area contributed by atoms with Crippen LogP contribution in [-0.2, 0) is 7.05 Å². The van der Waals surface area contributed by atoms with Gasteiger partial charge < -0.3 is 24.8 Å². The summed E-state index contributed by atoms with van der Waals surface area (Å²) in [6.07, 6.45) is 5.42. The Kier molecular flexibility index (Phi) is 5.41. The van der Waals surface area contributed by atoms with Crippen molar-refractivity contribution in [1.29, 1.82) is 0 Å². The van der Waals surface area contributed by atoms with Gasteiger partial charge >= 0.3 is 0 Å². The second-order valence-electron chi connectivity index (χ2n) is 7.28. The Morgan fingerprint density at radius 2 is 1.93 bits per heavy atom. The molecule has 1 aliphatic rings. The number of carbonyl (C=O) groups excluding carboxylic acids is 1. The Morgan fingerprint density at radius 1 is 1.26 bits per heavy atom. The van der Waals surface area contributed by atoms with Gasteiger partial charge in [0.25, 0.3) is 11.5 Å². The monoisotopic (exact) mass is 374 g/mol. The highest BCUT2D eigenvalue weighted by atomic mass is 16.5. The number of nitrogens with zero attached hydrogens (tertiary/aromatic N) is 1. The lowest BCUT2D eigenvalue weighted by atomic mass is 9.90. The molecule has 1 saturated carbocycles. The number of amides is 1. The molecule has 1 aliphatic carbocycles. The lowest BCUT2D eigenvalue weighted by Crippen LogP contribution is -2.52. The number of benzene rings is 1. The van der Waals surface area contributed by atoms with Crippen LogP contribution in [0.2, 0.25) is 0 Å². The van der Waals surface area contributed by atoms with Gasteiger partial charge in [0.15, 0.2) is 11.5 Å². The molecule has 0 unspecified atom stereocenters. The first-order valence-electron chi connectivity index (χ1n) is 9.25. The molecule has 7 nitrogen and oxygen atoms in total. The van der Waals surface area contributed by atoms with Crippen LogP contribution < -0.4 is 15.6 Å². The van der Waals surface area contributed by atoms with E-state index in [1.807, 2.05) is 0 Å². The summed E-state index contributed by atoms with van der Waals surface area (Å²) in [5, 5.41) is 23.7. The van der Waals surface area contributed by atoms with Gasteiger partial charge in [-0.25, -0.2) is 0 Å². The van der Waals surface area contributed by atoms with Crippen LogP contribution in [0.25, 0.3) is 10.9 Å². The highest BCUT2D eigenvalue weighted by Gasteiger charge is 2.33. The van der Waals surface area contributed by atoms with Crippen molar-refractivity contribution in [3.63, 3.8) is 0 Å². The summed E-state index contributed by atoms with van der Waals surface area (Å²) in [5.41, 5.74) is -0.894. The molecule has 0 spiro atoms. The number of hydrogen-bond donors (Lipinski definition) is 3. The number of fused-ring (bicyclic) bond motifs is 1. The Balaban J connectivity index is 2.02. The van der Waals surface area contributed by atoms with E-state index in [0.29, 0.717) is 23.7 Å². The Bertz CT molecular complexity index is 911. The lowest BCUT2D eigenvalue weighted by molar-refractivity contribution is 0.0804. The summed E-state index contributed by atoms with van der Waals surface area (Å²) in [6.45, 7) is -0.148. The Morgan fingerprint density at radius 3 is 2.52 bits per heavy atom. The number of phenolic OH excluding ortho intramolecular Hbond substituents is 1. The summed E-state index contributed by atoms with van der Waals surface area (Å²) in [4.78, 5) is 25.7. The van der Waals surface area contributed by atoms with Gasteiger partial charge in [-0.2, -0.15) is 0 Å². The summed E-state index contributed by atoms with van der Waals surface area (Å²) in [6, 6.07) is 4.76. The maximum absolute atomic E-state index is 12.9. The van der Waals surface area contributed by atoms with Crippen LogP contribution in [0.4, 0.5) is 0 Å². The zero-order chi connectivity index (χ0) is 19.6. The molecule has 1 amide bonds. The van der Waals surface area contributed by atoms with Gasteiger partial charge in [-0.15, -0.1) is 0 Å². The molecule has 1 heterocycles. The predicted molar refractivity (Wildman–Crippen MR) is 102 cm³/mol. The maximum Gasteiger partial charge on any atom is 0.263 e. The van der Waals surface area contributed by atoms with Crippen LogP contribution in [0.1, 0.15) is 48.9 Å². The van der Waals surface area contributed by atoms with Gasteiger partial charge in [0, 0.05) is 12.4 Å². The number of aromatic hydroxyl groups is 1. The molecule has 3 rings (SSSR count). The predicted octanol–water partition coefficient (Wildman–Crippen LogP) is 2.07. The highest BCUT2D eigenvalue weighted by molar-refractivity contribution is 5.99. The van der Waals surface area contributed by atoms with E-state index < -0.39 is 17.0 Å². The van der Waals surface area contributed by atoms with Crippen molar-refractivity contribution < 1.29 is 19.7 Å². The van der Waals surface area contributed by atoms with Crippen molar-refractivity contribution in [2.75, 3.05) is 13.7 Å². The first-order chi connectivity index (χ1) is 12.9. The molecule has 1 fully saturated rings. The molecule has 0 bridgehead atoms. The van der Waals surface area contributed by atoms with Crippen LogP contribution in [0.3, 0.4) is 0 Å². The zero-order valence-electron chi connectivity index (χ0n) is 15.7. The fourth-order valence-corrected chi connectivity index (χ4v) is 3.91. The number of pyridine rings is 1. The molecule has 3 N–H and O–H groups in total. The van der Waals surface area contributed by atoms with E-state index in [1.54, 1.807) is 12.1 Å². The number of hydrogen-bond acceptors (Lipinski definition) is 5. The third kappa shape index (κ3) is 3.51. The third-order valence-corrected chi connectivity index (χ3v) is 5.52. The van der Waals surface area contributed by atoms with Gasteiger partial charge in [0.1, 0.15) is 5.56 Å². The van der Waals surface area contributed by atoms with Crippen molar-refractivity contribution in [3.8, 4) is 11.5 Å². The number of aliphatic hydroxyl groups excluding tert-OH is 1. The maximum atomic E-state index is 12.9. The van der Waals surface area contributed by atoms with E-state index in [-0.39, 0.29) is 23.7 Å². The summed E-state index contributed by atoms with van der Waals surface area (Å²) in [7, 11) is 2.94. The molecule has 2 aromatic rings. The molecule has 27 heavy (non-hydrogen) atoms. The van der Waals surface area contributed by atoms with Crippen LogP contribution in [0, 0.1) is 0 Å². The van der Waals surface area contributed by atoms with Crippen LogP contribution in [0.5, 0.6) is 11.5 Å². The van der Waals surface area contributed by atoms with Crippen molar-refractivity contribution >= 4 is 16.8 Å². The number of methoxy groups -OCH3 is 1. The van der Waals surface area contributed by atoms with Gasteiger partial charge in [0.05, 0.1) is 24.8 Å². The molecule has 0 aliphatic heterocycles. The van der Waals surface area contributed by atoms with E-state index >= 15 is 0 Å². The molecular weight excluding hydrogens is 348 g/mol. The molecule has 146 valence electrons. The number of nitrogens with one attached hydrogen (secondary N) is 1. The topological polar surface area (TPSA) is 101 Å². The molecule has 0 atom stereocenters. The van der Waals surface area contributed by atoms with Crippen LogP contribution in [0.15, 0.2) is 23.0 Å². The minimum Gasteiger partial charge on any atom is -0.503 e. The van der Waals surface area contributed by atoms with E-state index in [2.05, 4.69) is 5.32 Å². The lowest BCUT2D eigenvalue weighted by Gasteiger charge is -2.32. The summed E-state index contributed by atoms with van der Waals surface area (Å²) >= 11 is 0. The van der Waals surface area contributed by atoms with Gasteiger partial charge in [-0.3, -0.25) is 9.59 Å². The van der Waals surface area contributed by atoms with Crippen molar-refractivity contribution in [3.05, 3.63) is 34.1 Å².